The van der Waals surface area contributed by atoms with Crippen LogP contribution in [0.25, 0.3) is 10.9 Å². The summed E-state index contributed by atoms with van der Waals surface area (Å²) in [7, 11) is 0. The van der Waals surface area contributed by atoms with Crippen LogP contribution in [0.2, 0.25) is 5.15 Å². The van der Waals surface area contributed by atoms with Gasteiger partial charge in [-0.05, 0) is 42.8 Å². The molecule has 0 radical (unpaired) electrons. The fourth-order valence-corrected chi connectivity index (χ4v) is 3.86. The summed E-state index contributed by atoms with van der Waals surface area (Å²) in [6.45, 7) is 4.28. The predicted octanol–water partition coefficient (Wildman–Crippen LogP) is 5.51. The quantitative estimate of drug-likeness (QED) is 0.506. The Balaban J connectivity index is 1.73. The van der Waals surface area contributed by atoms with Crippen LogP contribution in [0.1, 0.15) is 43.9 Å². The molecule has 1 atom stereocenters. The van der Waals surface area contributed by atoms with Crippen molar-refractivity contribution >= 4 is 34.1 Å². The van der Waals surface area contributed by atoms with Crippen molar-refractivity contribution in [1.82, 2.24) is 9.99 Å². The van der Waals surface area contributed by atoms with E-state index in [0.717, 1.165) is 27.8 Å². The Bertz CT molecular complexity index is 1130. The minimum Gasteiger partial charge on any atom is -0.494 e. The van der Waals surface area contributed by atoms with Crippen molar-refractivity contribution in [1.29, 1.82) is 0 Å². The summed E-state index contributed by atoms with van der Waals surface area (Å²) < 4.78 is 18.9. The molecule has 0 N–H and O–H groups in total. The lowest BCUT2D eigenvalue weighted by Crippen LogP contribution is -2.26. The molecule has 1 aliphatic rings. The van der Waals surface area contributed by atoms with Crippen molar-refractivity contribution < 1.29 is 13.9 Å². The lowest BCUT2D eigenvalue weighted by atomic mass is 9.98. The first-order valence-corrected chi connectivity index (χ1v) is 10.3. The second-order valence-corrected chi connectivity index (χ2v) is 7.38. The molecule has 0 aliphatic carbocycles. The van der Waals surface area contributed by atoms with Crippen LogP contribution < -0.4 is 4.74 Å². The molecular weight excluding hydrogens is 405 g/mol. The minimum absolute atomic E-state index is 0.111. The van der Waals surface area contributed by atoms with Crippen molar-refractivity contribution in [3.63, 3.8) is 0 Å². The summed E-state index contributed by atoms with van der Waals surface area (Å²) in [6, 6.07) is 13.3. The maximum absolute atomic E-state index is 13.3. The molecule has 30 heavy (non-hydrogen) atoms. The first kappa shape index (κ1) is 20.3. The molecule has 5 nitrogen and oxygen atoms in total. The van der Waals surface area contributed by atoms with Gasteiger partial charge in [-0.15, -0.1) is 0 Å². The maximum atomic E-state index is 13.3. The Morgan fingerprint density at radius 2 is 1.97 bits per heavy atom. The summed E-state index contributed by atoms with van der Waals surface area (Å²) in [5.41, 5.74) is 2.94. The second kappa shape index (κ2) is 8.40. The topological polar surface area (TPSA) is 54.8 Å². The van der Waals surface area contributed by atoms with E-state index >= 15 is 0 Å². The Kier molecular flexibility index (Phi) is 5.68. The molecule has 1 aromatic heterocycles. The van der Waals surface area contributed by atoms with Gasteiger partial charge in [0, 0.05) is 29.9 Å². The highest BCUT2D eigenvalue weighted by Gasteiger charge is 2.34. The number of amides is 1. The Morgan fingerprint density at radius 3 is 2.67 bits per heavy atom. The van der Waals surface area contributed by atoms with Crippen LogP contribution in [-0.2, 0) is 4.79 Å². The Morgan fingerprint density at radius 1 is 1.20 bits per heavy atom. The van der Waals surface area contributed by atoms with Crippen LogP contribution in [0.4, 0.5) is 4.39 Å². The van der Waals surface area contributed by atoms with Gasteiger partial charge in [-0.1, -0.05) is 30.7 Å². The van der Waals surface area contributed by atoms with E-state index in [1.807, 2.05) is 31.2 Å². The molecule has 0 saturated carbocycles. The van der Waals surface area contributed by atoms with Gasteiger partial charge < -0.3 is 4.74 Å². The molecule has 2 aromatic carbocycles. The van der Waals surface area contributed by atoms with Gasteiger partial charge in [-0.3, -0.25) is 4.79 Å². The largest absolute Gasteiger partial charge is 0.494 e. The first-order valence-electron chi connectivity index (χ1n) is 9.88. The number of carbonyl (C=O) groups is 1. The van der Waals surface area contributed by atoms with E-state index in [4.69, 9.17) is 16.3 Å². The number of aromatic nitrogens is 1. The van der Waals surface area contributed by atoms with Gasteiger partial charge in [-0.25, -0.2) is 14.4 Å². The molecule has 4 rings (SSSR count). The van der Waals surface area contributed by atoms with E-state index in [9.17, 15) is 9.18 Å². The number of hydrazone groups is 1. The SMILES string of the molecule is CCOc1ccc2cc(C3CC(c4ccc(F)cc4)=NN3C(=O)CC)c(Cl)nc2c1. The molecule has 3 aromatic rings. The monoisotopic (exact) mass is 425 g/mol. The summed E-state index contributed by atoms with van der Waals surface area (Å²) in [6.07, 6.45) is 0.786. The second-order valence-electron chi connectivity index (χ2n) is 7.02. The highest BCUT2D eigenvalue weighted by Crippen LogP contribution is 2.38. The number of benzene rings is 2. The van der Waals surface area contributed by atoms with Crippen molar-refractivity contribution in [2.45, 2.75) is 32.7 Å². The van der Waals surface area contributed by atoms with Crippen LogP contribution in [0.15, 0.2) is 53.6 Å². The van der Waals surface area contributed by atoms with Crippen LogP contribution in [0.5, 0.6) is 5.75 Å². The Labute approximate surface area is 179 Å². The number of fused-ring (bicyclic) bond motifs is 1. The van der Waals surface area contributed by atoms with Gasteiger partial charge in [0.1, 0.15) is 16.7 Å². The summed E-state index contributed by atoms with van der Waals surface area (Å²) in [5.74, 6) is 0.301. The van der Waals surface area contributed by atoms with E-state index in [1.54, 1.807) is 19.1 Å². The van der Waals surface area contributed by atoms with Gasteiger partial charge in [0.25, 0.3) is 0 Å². The number of ether oxygens (including phenoxy) is 1. The molecule has 0 saturated heterocycles. The minimum atomic E-state index is -0.367. The van der Waals surface area contributed by atoms with Gasteiger partial charge >= 0.3 is 0 Å². The van der Waals surface area contributed by atoms with Crippen molar-refractivity contribution in [3.8, 4) is 5.75 Å². The first-order chi connectivity index (χ1) is 14.5. The molecular formula is C23H21ClFN3O2. The van der Waals surface area contributed by atoms with Crippen LogP contribution in [-0.4, -0.2) is 28.2 Å². The van der Waals surface area contributed by atoms with Crippen molar-refractivity contribution in [3.05, 3.63) is 70.6 Å². The smallest absolute Gasteiger partial charge is 0.242 e. The molecule has 1 unspecified atom stereocenters. The van der Waals surface area contributed by atoms with Gasteiger partial charge in [-0.2, -0.15) is 5.10 Å². The highest BCUT2D eigenvalue weighted by molar-refractivity contribution is 6.30. The van der Waals surface area contributed by atoms with E-state index in [0.29, 0.717) is 30.3 Å². The molecule has 1 amide bonds. The number of hydrogen-bond acceptors (Lipinski definition) is 4. The van der Waals surface area contributed by atoms with E-state index in [2.05, 4.69) is 10.1 Å². The lowest BCUT2D eigenvalue weighted by molar-refractivity contribution is -0.132. The molecule has 154 valence electrons. The molecule has 0 bridgehead atoms. The predicted molar refractivity (Wildman–Crippen MR) is 115 cm³/mol. The number of hydrogen-bond donors (Lipinski definition) is 0. The van der Waals surface area contributed by atoms with Crippen molar-refractivity contribution in [2.75, 3.05) is 6.61 Å². The third-order valence-electron chi connectivity index (χ3n) is 5.09. The highest BCUT2D eigenvalue weighted by atomic mass is 35.5. The average Bonchev–Trinajstić information content (AvgIpc) is 3.18. The molecule has 7 heteroatoms. The third kappa shape index (κ3) is 3.87. The average molecular weight is 426 g/mol. The molecule has 1 aliphatic heterocycles. The number of halogens is 2. The lowest BCUT2D eigenvalue weighted by Gasteiger charge is -2.22. The number of nitrogens with zero attached hydrogens (tertiary/aromatic N) is 3. The zero-order valence-electron chi connectivity index (χ0n) is 16.7. The normalized spacial score (nSPS) is 16.1. The van der Waals surface area contributed by atoms with Gasteiger partial charge in [0.2, 0.25) is 5.91 Å². The van der Waals surface area contributed by atoms with E-state index < -0.39 is 0 Å². The summed E-state index contributed by atoms with van der Waals surface area (Å²) >= 11 is 6.55. The van der Waals surface area contributed by atoms with Crippen LogP contribution in [0, 0.1) is 5.82 Å². The Hall–Kier alpha value is -2.99. The third-order valence-corrected chi connectivity index (χ3v) is 5.39. The standard InChI is InChI=1S/C23H21ClFN3O2/c1-3-22(29)28-21(13-20(27-28)14-5-8-16(25)9-6-14)18-11-15-7-10-17(30-4-2)12-19(15)26-23(18)24/h5-12,21H,3-4,13H2,1-2H3. The molecule has 2 heterocycles. The van der Waals surface area contributed by atoms with Gasteiger partial charge in [0.05, 0.1) is 23.9 Å². The van der Waals surface area contributed by atoms with E-state index in [-0.39, 0.29) is 17.8 Å². The zero-order chi connectivity index (χ0) is 21.3. The van der Waals surface area contributed by atoms with Crippen LogP contribution in [0.3, 0.4) is 0 Å². The van der Waals surface area contributed by atoms with E-state index in [1.165, 1.54) is 17.1 Å². The number of pyridine rings is 1. The number of carbonyl (C=O) groups excluding carboxylic acids is 1. The van der Waals surface area contributed by atoms with Gasteiger partial charge in [0.15, 0.2) is 0 Å². The van der Waals surface area contributed by atoms with Crippen LogP contribution >= 0.6 is 11.6 Å². The maximum Gasteiger partial charge on any atom is 0.242 e. The molecule has 0 fully saturated rings. The van der Waals surface area contributed by atoms with Crippen molar-refractivity contribution in [2.24, 2.45) is 5.10 Å². The number of rotatable bonds is 5. The zero-order valence-corrected chi connectivity index (χ0v) is 17.5. The summed E-state index contributed by atoms with van der Waals surface area (Å²) in [4.78, 5) is 17.1. The fourth-order valence-electron chi connectivity index (χ4n) is 3.59. The molecule has 0 spiro atoms. The summed E-state index contributed by atoms with van der Waals surface area (Å²) in [5, 5.41) is 7.25. The fraction of sp³-hybridized carbons (Fsp3) is 0.261.